The minimum atomic E-state index is -0.392. The van der Waals surface area contributed by atoms with E-state index in [-0.39, 0.29) is 30.3 Å². The third-order valence-corrected chi connectivity index (χ3v) is 5.32. The summed E-state index contributed by atoms with van der Waals surface area (Å²) in [5, 5.41) is 0. The molecule has 3 rings (SSSR count). The van der Waals surface area contributed by atoms with Gasteiger partial charge in [-0.15, -0.1) is 0 Å². The first-order chi connectivity index (χ1) is 13.4. The summed E-state index contributed by atoms with van der Waals surface area (Å²) in [5.41, 5.74) is 0.865. The van der Waals surface area contributed by atoms with E-state index in [9.17, 15) is 9.18 Å². The van der Waals surface area contributed by atoms with Crippen LogP contribution >= 0.6 is 0 Å². The lowest BCUT2D eigenvalue weighted by atomic mass is 10.1. The van der Waals surface area contributed by atoms with Crippen molar-refractivity contribution in [3.8, 4) is 11.5 Å². The zero-order valence-corrected chi connectivity index (χ0v) is 16.9. The summed E-state index contributed by atoms with van der Waals surface area (Å²) in [6.45, 7) is 8.89. The maximum Gasteiger partial charge on any atom is 0.229 e. The Balaban J connectivity index is 1.68. The third kappa shape index (κ3) is 4.42. The highest BCUT2D eigenvalue weighted by molar-refractivity contribution is 5.79. The van der Waals surface area contributed by atoms with Gasteiger partial charge >= 0.3 is 0 Å². The number of amides is 1. The molecule has 2 unspecified atom stereocenters. The average molecular weight is 389 g/mol. The second-order valence-corrected chi connectivity index (χ2v) is 7.41. The van der Waals surface area contributed by atoms with E-state index in [2.05, 4.69) is 23.7 Å². The molecule has 6 nitrogen and oxygen atoms in total. The van der Waals surface area contributed by atoms with Crippen LogP contribution in [0.2, 0.25) is 0 Å². The summed E-state index contributed by atoms with van der Waals surface area (Å²) in [5.74, 6) is 0.383. The van der Waals surface area contributed by atoms with Gasteiger partial charge in [0.2, 0.25) is 11.8 Å². The van der Waals surface area contributed by atoms with Crippen molar-refractivity contribution >= 4 is 5.91 Å². The van der Waals surface area contributed by atoms with Gasteiger partial charge < -0.3 is 14.1 Å². The number of carbonyl (C=O) groups is 1. The van der Waals surface area contributed by atoms with Crippen molar-refractivity contribution in [1.29, 1.82) is 0 Å². The molecule has 0 spiro atoms. The van der Waals surface area contributed by atoms with Crippen LogP contribution in [0.4, 0.5) is 4.39 Å². The van der Waals surface area contributed by atoms with Crippen LogP contribution in [0.3, 0.4) is 0 Å². The summed E-state index contributed by atoms with van der Waals surface area (Å²) in [7, 11) is 1.70. The lowest BCUT2D eigenvalue weighted by Crippen LogP contribution is -2.58. The van der Waals surface area contributed by atoms with Gasteiger partial charge in [0.05, 0.1) is 24.3 Å². The van der Waals surface area contributed by atoms with Gasteiger partial charge in [0, 0.05) is 38.8 Å². The van der Waals surface area contributed by atoms with Crippen LogP contribution in [0.5, 0.6) is 0 Å². The number of carbonyl (C=O) groups excluding carboxylic acids is 1. The molecule has 1 amide bonds. The van der Waals surface area contributed by atoms with Crippen molar-refractivity contribution < 1.29 is 18.3 Å². The molecule has 2 aromatic rings. The second-order valence-electron chi connectivity index (χ2n) is 7.41. The number of benzene rings is 1. The Morgan fingerprint density at radius 1 is 1.29 bits per heavy atom. The molecule has 28 heavy (non-hydrogen) atoms. The molecule has 2 heterocycles. The van der Waals surface area contributed by atoms with Crippen LogP contribution in [-0.4, -0.2) is 66.1 Å². The van der Waals surface area contributed by atoms with E-state index in [0.29, 0.717) is 36.7 Å². The van der Waals surface area contributed by atoms with Crippen LogP contribution in [0, 0.1) is 12.7 Å². The summed E-state index contributed by atoms with van der Waals surface area (Å²) < 4.78 is 24.8. The number of aromatic nitrogens is 1. The topological polar surface area (TPSA) is 58.8 Å². The van der Waals surface area contributed by atoms with Gasteiger partial charge in [0.25, 0.3) is 0 Å². The van der Waals surface area contributed by atoms with E-state index >= 15 is 0 Å². The van der Waals surface area contributed by atoms with Crippen molar-refractivity contribution in [1.82, 2.24) is 14.8 Å². The maximum atomic E-state index is 14.0. The molecule has 7 heteroatoms. The van der Waals surface area contributed by atoms with E-state index in [1.165, 1.54) is 6.07 Å². The standard InChI is InChI=1S/C21H28FN3O3/c1-14-12-24(13-15(2)25(14)9-10-27-4)20(26)11-19-16(3)28-21(23-19)17-7-5-6-8-18(17)22/h5-8,14-15H,9-13H2,1-4H3. The van der Waals surface area contributed by atoms with Gasteiger partial charge in [-0.25, -0.2) is 9.37 Å². The number of oxazole rings is 1. The fourth-order valence-electron chi connectivity index (χ4n) is 3.79. The zero-order valence-electron chi connectivity index (χ0n) is 16.9. The Hall–Kier alpha value is -2.25. The van der Waals surface area contributed by atoms with Gasteiger partial charge in [0.15, 0.2) is 0 Å². The molecular weight excluding hydrogens is 361 g/mol. The van der Waals surface area contributed by atoms with Crippen molar-refractivity contribution in [2.24, 2.45) is 0 Å². The first-order valence-electron chi connectivity index (χ1n) is 9.64. The number of halogens is 1. The number of rotatable bonds is 6. The smallest absolute Gasteiger partial charge is 0.229 e. The fraction of sp³-hybridized carbons (Fsp3) is 0.524. The SMILES string of the molecule is COCCN1C(C)CN(C(=O)Cc2nc(-c3ccccc3F)oc2C)CC1C. The molecule has 2 atom stereocenters. The molecule has 1 aliphatic heterocycles. The molecule has 0 bridgehead atoms. The zero-order chi connectivity index (χ0) is 20.3. The lowest BCUT2D eigenvalue weighted by molar-refractivity contribution is -0.135. The molecule has 0 N–H and O–H groups in total. The van der Waals surface area contributed by atoms with Crippen LogP contribution in [0.25, 0.3) is 11.5 Å². The average Bonchev–Trinajstić information content (AvgIpc) is 3.01. The summed E-state index contributed by atoms with van der Waals surface area (Å²) in [4.78, 5) is 21.5. The van der Waals surface area contributed by atoms with Gasteiger partial charge in [-0.1, -0.05) is 12.1 Å². The Kier molecular flexibility index (Phi) is 6.46. The molecular formula is C21H28FN3O3. The van der Waals surface area contributed by atoms with E-state index in [0.717, 1.165) is 6.54 Å². The highest BCUT2D eigenvalue weighted by atomic mass is 19.1. The predicted molar refractivity (Wildman–Crippen MR) is 104 cm³/mol. The second kappa shape index (κ2) is 8.84. The monoisotopic (exact) mass is 389 g/mol. The molecule has 0 saturated carbocycles. The van der Waals surface area contributed by atoms with E-state index in [1.54, 1.807) is 32.2 Å². The number of ether oxygens (including phenoxy) is 1. The van der Waals surface area contributed by atoms with E-state index in [4.69, 9.17) is 9.15 Å². The summed E-state index contributed by atoms with van der Waals surface area (Å²) >= 11 is 0. The van der Waals surface area contributed by atoms with Gasteiger partial charge in [-0.3, -0.25) is 9.69 Å². The lowest BCUT2D eigenvalue weighted by Gasteiger charge is -2.44. The van der Waals surface area contributed by atoms with Gasteiger partial charge in [-0.05, 0) is 32.9 Å². The Labute approximate surface area is 165 Å². The number of piperazine rings is 1. The quantitative estimate of drug-likeness (QED) is 0.760. The van der Waals surface area contributed by atoms with Gasteiger partial charge in [-0.2, -0.15) is 0 Å². The van der Waals surface area contributed by atoms with Crippen LogP contribution in [0.15, 0.2) is 28.7 Å². The molecule has 0 radical (unpaired) electrons. The summed E-state index contributed by atoms with van der Waals surface area (Å²) in [6, 6.07) is 6.85. The van der Waals surface area contributed by atoms with E-state index in [1.807, 2.05) is 4.90 Å². The summed E-state index contributed by atoms with van der Waals surface area (Å²) in [6.07, 6.45) is 0.154. The van der Waals surface area contributed by atoms with Crippen molar-refractivity contribution in [2.45, 2.75) is 39.3 Å². The number of hydrogen-bond acceptors (Lipinski definition) is 5. The Morgan fingerprint density at radius 3 is 2.61 bits per heavy atom. The molecule has 1 fully saturated rings. The van der Waals surface area contributed by atoms with Crippen LogP contribution in [-0.2, 0) is 16.0 Å². The molecule has 1 aliphatic rings. The number of nitrogens with zero attached hydrogens (tertiary/aromatic N) is 3. The molecule has 1 saturated heterocycles. The van der Waals surface area contributed by atoms with Crippen LogP contribution < -0.4 is 0 Å². The Bertz CT molecular complexity index is 811. The molecule has 152 valence electrons. The predicted octanol–water partition coefficient (Wildman–Crippen LogP) is 2.90. The highest BCUT2D eigenvalue weighted by Crippen LogP contribution is 2.25. The van der Waals surface area contributed by atoms with Crippen molar-refractivity contribution in [3.05, 3.63) is 41.5 Å². The van der Waals surface area contributed by atoms with Crippen molar-refractivity contribution in [2.75, 3.05) is 33.4 Å². The molecule has 1 aromatic heterocycles. The number of methoxy groups -OCH3 is 1. The van der Waals surface area contributed by atoms with E-state index < -0.39 is 5.82 Å². The van der Waals surface area contributed by atoms with Gasteiger partial charge in [0.1, 0.15) is 11.6 Å². The highest BCUT2D eigenvalue weighted by Gasteiger charge is 2.32. The number of hydrogen-bond donors (Lipinski definition) is 0. The minimum absolute atomic E-state index is 0.0153. The largest absolute Gasteiger partial charge is 0.441 e. The van der Waals surface area contributed by atoms with Crippen molar-refractivity contribution in [3.63, 3.8) is 0 Å². The third-order valence-electron chi connectivity index (χ3n) is 5.32. The molecule has 1 aromatic carbocycles. The number of aryl methyl sites for hydroxylation is 1. The normalized spacial score (nSPS) is 20.5. The molecule has 0 aliphatic carbocycles. The first kappa shape index (κ1) is 20.5. The Morgan fingerprint density at radius 2 is 1.96 bits per heavy atom. The maximum absolute atomic E-state index is 14.0. The fourth-order valence-corrected chi connectivity index (χ4v) is 3.79. The van der Waals surface area contributed by atoms with Crippen LogP contribution in [0.1, 0.15) is 25.3 Å². The first-order valence-corrected chi connectivity index (χ1v) is 9.64. The minimum Gasteiger partial charge on any atom is -0.441 e.